The van der Waals surface area contributed by atoms with Crippen LogP contribution in [0.15, 0.2) is 42.6 Å². The monoisotopic (exact) mass is 328 g/mol. The number of amides is 2. The Bertz CT molecular complexity index is 701. The highest BCUT2D eigenvalue weighted by atomic mass is 16.5. The molecule has 2 aromatic rings. The summed E-state index contributed by atoms with van der Waals surface area (Å²) in [6, 6.07) is 10.3. The summed E-state index contributed by atoms with van der Waals surface area (Å²) < 4.78 is 4.97. The number of carbonyl (C=O) groups is 2. The summed E-state index contributed by atoms with van der Waals surface area (Å²) in [4.78, 5) is 27.3. The molecule has 7 heteroatoms. The molecule has 24 heavy (non-hydrogen) atoms. The Morgan fingerprint density at radius 2 is 1.71 bits per heavy atom. The quantitative estimate of drug-likeness (QED) is 0.679. The molecule has 0 aliphatic rings. The third kappa shape index (κ3) is 5.36. The number of benzene rings is 1. The molecule has 0 unspecified atom stereocenters. The van der Waals surface area contributed by atoms with Crippen LogP contribution in [0.5, 0.6) is 0 Å². The average Bonchev–Trinajstić information content (AvgIpc) is 2.57. The number of methoxy groups -OCH3 is 1. The second-order valence-corrected chi connectivity index (χ2v) is 5.06. The van der Waals surface area contributed by atoms with E-state index in [1.54, 1.807) is 49.7 Å². The largest absolute Gasteiger partial charge is 0.383 e. The van der Waals surface area contributed by atoms with Crippen LogP contribution >= 0.6 is 0 Å². The number of carbonyl (C=O) groups excluding carboxylic acids is 2. The second kappa shape index (κ2) is 8.64. The highest BCUT2D eigenvalue weighted by Crippen LogP contribution is 2.15. The average molecular weight is 328 g/mol. The minimum absolute atomic E-state index is 0.145. The molecule has 0 aliphatic heterocycles. The fourth-order valence-corrected chi connectivity index (χ4v) is 2.00. The molecule has 0 radical (unpaired) electrons. The van der Waals surface area contributed by atoms with E-state index >= 15 is 0 Å². The number of rotatable bonds is 7. The van der Waals surface area contributed by atoms with Crippen LogP contribution in [-0.2, 0) is 9.53 Å². The number of hydrogen-bond acceptors (Lipinski definition) is 5. The van der Waals surface area contributed by atoms with Gasteiger partial charge in [-0.2, -0.15) is 0 Å². The molecule has 0 spiro atoms. The zero-order valence-electron chi connectivity index (χ0n) is 13.6. The van der Waals surface area contributed by atoms with Crippen LogP contribution in [0.2, 0.25) is 0 Å². The van der Waals surface area contributed by atoms with E-state index in [4.69, 9.17) is 4.74 Å². The third-order valence-electron chi connectivity index (χ3n) is 3.09. The summed E-state index contributed by atoms with van der Waals surface area (Å²) in [6.45, 7) is 2.66. The van der Waals surface area contributed by atoms with Crippen molar-refractivity contribution in [3.63, 3.8) is 0 Å². The van der Waals surface area contributed by atoms with Crippen molar-refractivity contribution in [1.29, 1.82) is 0 Å². The van der Waals surface area contributed by atoms with Gasteiger partial charge in [0, 0.05) is 43.8 Å². The number of nitrogens with one attached hydrogen (secondary N) is 3. The Labute approximate surface area is 140 Å². The van der Waals surface area contributed by atoms with Crippen LogP contribution in [0.1, 0.15) is 17.4 Å². The normalized spacial score (nSPS) is 10.1. The predicted octanol–water partition coefficient (Wildman–Crippen LogP) is 2.35. The van der Waals surface area contributed by atoms with Crippen LogP contribution in [0.25, 0.3) is 0 Å². The molecule has 3 N–H and O–H groups in total. The summed E-state index contributed by atoms with van der Waals surface area (Å²) >= 11 is 0. The number of nitrogens with zero attached hydrogens (tertiary/aromatic N) is 1. The minimum Gasteiger partial charge on any atom is -0.383 e. The van der Waals surface area contributed by atoms with Crippen molar-refractivity contribution in [2.75, 3.05) is 36.2 Å². The first-order valence-corrected chi connectivity index (χ1v) is 7.46. The fourth-order valence-electron chi connectivity index (χ4n) is 2.00. The van der Waals surface area contributed by atoms with Gasteiger partial charge in [0.1, 0.15) is 5.69 Å². The molecule has 0 atom stereocenters. The topological polar surface area (TPSA) is 92.3 Å². The van der Waals surface area contributed by atoms with Crippen molar-refractivity contribution < 1.29 is 14.3 Å². The Morgan fingerprint density at radius 1 is 1.04 bits per heavy atom. The highest BCUT2D eigenvalue weighted by molar-refractivity contribution is 6.03. The lowest BCUT2D eigenvalue weighted by Crippen LogP contribution is -2.15. The molecular weight excluding hydrogens is 308 g/mol. The molecule has 7 nitrogen and oxygen atoms in total. The molecule has 126 valence electrons. The Hall–Kier alpha value is -2.93. The van der Waals surface area contributed by atoms with Gasteiger partial charge in [-0.05, 0) is 36.4 Å². The molecule has 0 fully saturated rings. The van der Waals surface area contributed by atoms with E-state index in [1.807, 2.05) is 0 Å². The number of pyridine rings is 1. The zero-order chi connectivity index (χ0) is 17.4. The van der Waals surface area contributed by atoms with Crippen LogP contribution in [0.3, 0.4) is 0 Å². The van der Waals surface area contributed by atoms with E-state index in [0.29, 0.717) is 30.2 Å². The predicted molar refractivity (Wildman–Crippen MR) is 93.3 cm³/mol. The number of hydrogen-bond donors (Lipinski definition) is 3. The van der Waals surface area contributed by atoms with Crippen molar-refractivity contribution in [1.82, 2.24) is 4.98 Å². The van der Waals surface area contributed by atoms with E-state index in [1.165, 1.54) is 6.92 Å². The number of anilines is 3. The number of aromatic nitrogens is 1. The van der Waals surface area contributed by atoms with Gasteiger partial charge in [-0.3, -0.25) is 14.6 Å². The van der Waals surface area contributed by atoms with Crippen molar-refractivity contribution in [3.05, 3.63) is 48.3 Å². The van der Waals surface area contributed by atoms with Gasteiger partial charge < -0.3 is 20.7 Å². The highest BCUT2D eigenvalue weighted by Gasteiger charge is 2.08. The van der Waals surface area contributed by atoms with Crippen molar-refractivity contribution in [2.24, 2.45) is 0 Å². The standard InChI is InChI=1S/C17H20N4O3/c1-12(22)20-13-3-5-14(6-4-13)21-17(23)16-11-15(7-8-19-16)18-9-10-24-2/h3-8,11H,9-10H2,1-2H3,(H,18,19)(H,20,22)(H,21,23). The molecule has 1 aromatic carbocycles. The first kappa shape index (κ1) is 17.4. The first-order valence-electron chi connectivity index (χ1n) is 7.46. The maximum atomic E-state index is 12.3. The van der Waals surface area contributed by atoms with Gasteiger partial charge in [0.05, 0.1) is 6.61 Å². The molecular formula is C17H20N4O3. The Kier molecular flexibility index (Phi) is 6.27. The van der Waals surface area contributed by atoms with Gasteiger partial charge in [0.2, 0.25) is 5.91 Å². The van der Waals surface area contributed by atoms with Gasteiger partial charge >= 0.3 is 0 Å². The van der Waals surface area contributed by atoms with Crippen LogP contribution < -0.4 is 16.0 Å². The van der Waals surface area contributed by atoms with Crippen molar-refractivity contribution in [3.8, 4) is 0 Å². The van der Waals surface area contributed by atoms with Gasteiger partial charge in [0.25, 0.3) is 5.91 Å². The molecule has 1 aromatic heterocycles. The summed E-state index contributed by atoms with van der Waals surface area (Å²) in [6.07, 6.45) is 1.57. The molecule has 2 rings (SSSR count). The van der Waals surface area contributed by atoms with Crippen LogP contribution in [-0.4, -0.2) is 37.1 Å². The summed E-state index contributed by atoms with van der Waals surface area (Å²) in [5.74, 6) is -0.452. The van der Waals surface area contributed by atoms with E-state index in [2.05, 4.69) is 20.9 Å². The molecule has 0 bridgehead atoms. The van der Waals surface area contributed by atoms with Gasteiger partial charge in [-0.25, -0.2) is 0 Å². The Balaban J connectivity index is 1.98. The lowest BCUT2D eigenvalue weighted by Gasteiger charge is -2.09. The summed E-state index contributed by atoms with van der Waals surface area (Å²) in [7, 11) is 1.63. The van der Waals surface area contributed by atoms with Gasteiger partial charge in [0.15, 0.2) is 0 Å². The smallest absolute Gasteiger partial charge is 0.274 e. The SMILES string of the molecule is COCCNc1ccnc(C(=O)Nc2ccc(NC(C)=O)cc2)c1. The summed E-state index contributed by atoms with van der Waals surface area (Å²) in [5.41, 5.74) is 2.40. The first-order chi connectivity index (χ1) is 11.6. The van der Waals surface area contributed by atoms with E-state index in [0.717, 1.165) is 5.69 Å². The van der Waals surface area contributed by atoms with E-state index in [-0.39, 0.29) is 11.8 Å². The van der Waals surface area contributed by atoms with Crippen molar-refractivity contribution >= 4 is 28.9 Å². The summed E-state index contributed by atoms with van der Waals surface area (Å²) in [5, 5.41) is 8.58. The number of ether oxygens (including phenoxy) is 1. The Morgan fingerprint density at radius 3 is 2.33 bits per heavy atom. The zero-order valence-corrected chi connectivity index (χ0v) is 13.6. The molecule has 1 heterocycles. The minimum atomic E-state index is -0.308. The second-order valence-electron chi connectivity index (χ2n) is 5.06. The fraction of sp³-hybridized carbons (Fsp3) is 0.235. The van der Waals surface area contributed by atoms with E-state index < -0.39 is 0 Å². The lowest BCUT2D eigenvalue weighted by atomic mass is 10.2. The third-order valence-corrected chi connectivity index (χ3v) is 3.09. The molecule has 2 amide bonds. The van der Waals surface area contributed by atoms with Gasteiger partial charge in [-0.15, -0.1) is 0 Å². The molecule has 0 aliphatic carbocycles. The van der Waals surface area contributed by atoms with Crippen molar-refractivity contribution in [2.45, 2.75) is 6.92 Å². The lowest BCUT2D eigenvalue weighted by molar-refractivity contribution is -0.114. The maximum Gasteiger partial charge on any atom is 0.274 e. The van der Waals surface area contributed by atoms with Crippen LogP contribution in [0.4, 0.5) is 17.1 Å². The van der Waals surface area contributed by atoms with E-state index in [9.17, 15) is 9.59 Å². The maximum absolute atomic E-state index is 12.3. The molecule has 0 saturated carbocycles. The molecule has 0 saturated heterocycles. The van der Waals surface area contributed by atoms with Crippen LogP contribution in [0, 0.1) is 0 Å². The van der Waals surface area contributed by atoms with Gasteiger partial charge in [-0.1, -0.05) is 0 Å².